The summed E-state index contributed by atoms with van der Waals surface area (Å²) in [6, 6.07) is 6.26. The first-order chi connectivity index (χ1) is 20.0. The van der Waals surface area contributed by atoms with Crippen molar-refractivity contribution in [2.24, 2.45) is 5.92 Å². The highest BCUT2D eigenvalue weighted by molar-refractivity contribution is 5.82. The van der Waals surface area contributed by atoms with Crippen molar-refractivity contribution in [1.82, 2.24) is 35.8 Å². The predicted molar refractivity (Wildman–Crippen MR) is 147 cm³/mol. The molecule has 1 aromatic rings. The molecule has 2 bridgehead atoms. The van der Waals surface area contributed by atoms with E-state index in [-0.39, 0.29) is 61.3 Å². The summed E-state index contributed by atoms with van der Waals surface area (Å²) in [6.45, 7) is 2.93. The molecule has 4 saturated heterocycles. The Hall–Kier alpha value is -3.23. The van der Waals surface area contributed by atoms with E-state index in [0.29, 0.717) is 32.7 Å². The number of nitrogens with zero attached hydrogens (tertiary/aromatic N) is 4. The number of amides is 3. The standard InChI is InChI=1S/C28H38N8O5/c1-40-28(39)33-12-9-17-5-6-19(13-18(17)15-33)30-27-29-14-20-24(32-27)36-22-8-7-21-25(31-22)34(23(37)16-41-21)10-3-2-4-11-35(36)26(20)38/h2,4-6,13,20-22,24-25,27,29-32H,3,7-12,14-16H2,1H3/b4-2+. The molecule has 6 aliphatic heterocycles. The molecule has 0 aliphatic carbocycles. The van der Waals surface area contributed by atoms with Gasteiger partial charge in [-0.3, -0.25) is 30.5 Å². The number of carbonyl (C=O) groups excluding carboxylic acids is 3. The minimum absolute atomic E-state index is 0.00305. The van der Waals surface area contributed by atoms with E-state index in [1.54, 1.807) is 4.90 Å². The van der Waals surface area contributed by atoms with Crippen LogP contribution in [0, 0.1) is 5.92 Å². The van der Waals surface area contributed by atoms with Crippen molar-refractivity contribution in [2.45, 2.75) is 63.1 Å². The fourth-order valence-corrected chi connectivity index (χ4v) is 7.11. The van der Waals surface area contributed by atoms with Gasteiger partial charge in [-0.05, 0) is 48.9 Å². The van der Waals surface area contributed by atoms with Gasteiger partial charge in [0.2, 0.25) is 11.8 Å². The number of rotatable bonds is 2. The van der Waals surface area contributed by atoms with E-state index < -0.39 is 0 Å². The molecule has 6 unspecified atom stereocenters. The first-order valence-electron chi connectivity index (χ1n) is 14.6. The largest absolute Gasteiger partial charge is 0.453 e. The number of hydrazine groups is 1. The SMILES string of the molecule is COC(=O)N1CCc2ccc(NC3NCC4C(=O)N5C/C=C/CCN6C(=O)COC7CCC(NC76)N5C4N3)cc2C1. The smallest absolute Gasteiger partial charge is 0.409 e. The maximum absolute atomic E-state index is 13.7. The second-order valence-electron chi connectivity index (χ2n) is 11.5. The molecule has 0 radical (unpaired) electrons. The average Bonchev–Trinajstić information content (AvgIpc) is 3.25. The van der Waals surface area contributed by atoms with E-state index >= 15 is 0 Å². The summed E-state index contributed by atoms with van der Waals surface area (Å²) in [5.41, 5.74) is 3.25. The van der Waals surface area contributed by atoms with E-state index in [9.17, 15) is 14.4 Å². The number of benzene rings is 1. The lowest BCUT2D eigenvalue weighted by Gasteiger charge is -2.50. The lowest BCUT2D eigenvalue weighted by Crippen LogP contribution is -2.72. The van der Waals surface area contributed by atoms with E-state index in [4.69, 9.17) is 9.47 Å². The molecule has 6 heterocycles. The van der Waals surface area contributed by atoms with Gasteiger partial charge in [-0.2, -0.15) is 5.01 Å². The summed E-state index contributed by atoms with van der Waals surface area (Å²) in [7, 11) is 1.41. The second kappa shape index (κ2) is 10.9. The molecule has 6 atom stereocenters. The van der Waals surface area contributed by atoms with E-state index in [1.807, 2.05) is 16.0 Å². The fraction of sp³-hybridized carbons (Fsp3) is 0.607. The highest BCUT2D eigenvalue weighted by atomic mass is 16.5. The Labute approximate surface area is 239 Å². The van der Waals surface area contributed by atoms with Crippen LogP contribution in [0.2, 0.25) is 0 Å². The lowest BCUT2D eigenvalue weighted by molar-refractivity contribution is -0.175. The molecular weight excluding hydrogens is 528 g/mol. The van der Waals surface area contributed by atoms with Crippen LogP contribution < -0.4 is 21.3 Å². The molecule has 4 fully saturated rings. The van der Waals surface area contributed by atoms with Crippen molar-refractivity contribution in [2.75, 3.05) is 45.2 Å². The minimum Gasteiger partial charge on any atom is -0.453 e. The first kappa shape index (κ1) is 26.7. The van der Waals surface area contributed by atoms with Crippen LogP contribution in [0.1, 0.15) is 30.4 Å². The zero-order valence-corrected chi connectivity index (χ0v) is 23.3. The number of hydrogen-bond acceptors (Lipinski definition) is 10. The number of ether oxygens (including phenoxy) is 2. The maximum atomic E-state index is 13.7. The molecule has 6 aliphatic rings. The van der Waals surface area contributed by atoms with Crippen molar-refractivity contribution >= 4 is 23.6 Å². The monoisotopic (exact) mass is 566 g/mol. The van der Waals surface area contributed by atoms with Gasteiger partial charge in [0.15, 0.2) is 0 Å². The third-order valence-corrected chi connectivity index (χ3v) is 9.18. The number of carbonyl (C=O) groups is 3. The summed E-state index contributed by atoms with van der Waals surface area (Å²) in [4.78, 5) is 42.1. The molecular formula is C28H38N8O5. The summed E-state index contributed by atoms with van der Waals surface area (Å²) in [5.74, 6) is -0.157. The van der Waals surface area contributed by atoms with Crippen molar-refractivity contribution in [3.05, 3.63) is 41.5 Å². The number of nitrogens with one attached hydrogen (secondary N) is 4. The number of hydrogen-bond donors (Lipinski definition) is 4. The Kier molecular flexibility index (Phi) is 7.07. The van der Waals surface area contributed by atoms with Gasteiger partial charge < -0.3 is 24.6 Å². The molecule has 0 spiro atoms. The van der Waals surface area contributed by atoms with Gasteiger partial charge >= 0.3 is 6.09 Å². The van der Waals surface area contributed by atoms with Gasteiger partial charge in [-0.25, -0.2) is 4.79 Å². The van der Waals surface area contributed by atoms with Crippen LogP contribution in [0.5, 0.6) is 0 Å². The van der Waals surface area contributed by atoms with E-state index in [2.05, 4.69) is 50.6 Å². The lowest BCUT2D eigenvalue weighted by atomic mass is 9.99. The van der Waals surface area contributed by atoms with E-state index in [0.717, 1.165) is 36.9 Å². The van der Waals surface area contributed by atoms with Gasteiger partial charge in [0.25, 0.3) is 0 Å². The molecule has 4 N–H and O–H groups in total. The molecule has 1 aromatic carbocycles. The third kappa shape index (κ3) is 4.85. The molecule has 220 valence electrons. The summed E-state index contributed by atoms with van der Waals surface area (Å²) >= 11 is 0. The van der Waals surface area contributed by atoms with Crippen molar-refractivity contribution in [3.8, 4) is 0 Å². The highest BCUT2D eigenvalue weighted by Crippen LogP contribution is 2.34. The molecule has 0 aromatic heterocycles. The van der Waals surface area contributed by atoms with Crippen LogP contribution in [0.4, 0.5) is 10.5 Å². The van der Waals surface area contributed by atoms with Gasteiger partial charge in [0, 0.05) is 31.9 Å². The van der Waals surface area contributed by atoms with Crippen molar-refractivity contribution in [1.29, 1.82) is 0 Å². The van der Waals surface area contributed by atoms with Crippen LogP contribution >= 0.6 is 0 Å². The Bertz CT molecular complexity index is 1240. The number of methoxy groups -OCH3 is 1. The number of piperidine rings is 1. The molecule has 0 saturated carbocycles. The van der Waals surface area contributed by atoms with E-state index in [1.165, 1.54) is 12.7 Å². The highest BCUT2D eigenvalue weighted by Gasteiger charge is 2.53. The van der Waals surface area contributed by atoms with Crippen LogP contribution in [-0.2, 0) is 32.0 Å². The van der Waals surface area contributed by atoms with Gasteiger partial charge in [0.1, 0.15) is 19.1 Å². The Morgan fingerprint density at radius 2 is 2.00 bits per heavy atom. The van der Waals surface area contributed by atoms with Crippen molar-refractivity contribution < 1.29 is 23.9 Å². The molecule has 41 heavy (non-hydrogen) atoms. The summed E-state index contributed by atoms with van der Waals surface area (Å²) < 4.78 is 10.8. The minimum atomic E-state index is -0.314. The zero-order valence-electron chi connectivity index (χ0n) is 23.3. The quantitative estimate of drug-likeness (QED) is 0.361. The first-order valence-corrected chi connectivity index (χ1v) is 14.6. The van der Waals surface area contributed by atoms with Crippen LogP contribution in [0.15, 0.2) is 30.4 Å². The van der Waals surface area contributed by atoms with Crippen molar-refractivity contribution in [3.63, 3.8) is 0 Å². The van der Waals surface area contributed by atoms with Crippen LogP contribution in [-0.4, -0.2) is 109 Å². The number of anilines is 1. The molecule has 7 rings (SSSR count). The zero-order chi connectivity index (χ0) is 28.1. The Morgan fingerprint density at radius 3 is 2.88 bits per heavy atom. The third-order valence-electron chi connectivity index (χ3n) is 9.18. The Balaban J connectivity index is 1.10. The normalized spacial score (nSPS) is 34.2. The second-order valence-corrected chi connectivity index (χ2v) is 11.5. The topological polar surface area (TPSA) is 131 Å². The molecule has 13 nitrogen and oxygen atoms in total. The van der Waals surface area contributed by atoms with Crippen LogP contribution in [0.3, 0.4) is 0 Å². The maximum Gasteiger partial charge on any atom is 0.409 e. The van der Waals surface area contributed by atoms with Crippen LogP contribution in [0.25, 0.3) is 0 Å². The fourth-order valence-electron chi connectivity index (χ4n) is 7.11. The number of morpholine rings is 1. The van der Waals surface area contributed by atoms with Gasteiger partial charge in [-0.15, -0.1) is 0 Å². The predicted octanol–water partition coefficient (Wildman–Crippen LogP) is -0.0762. The summed E-state index contributed by atoms with van der Waals surface area (Å²) in [6.07, 6.45) is 6.03. The Morgan fingerprint density at radius 1 is 1.10 bits per heavy atom. The molecule has 3 amide bonds. The molecule has 13 heteroatoms. The average molecular weight is 567 g/mol. The number of fused-ring (bicyclic) bond motifs is 6. The van der Waals surface area contributed by atoms with Gasteiger partial charge in [0.05, 0.1) is 38.0 Å². The summed E-state index contributed by atoms with van der Waals surface area (Å²) in [5, 5.41) is 18.4. The van der Waals surface area contributed by atoms with Gasteiger partial charge in [-0.1, -0.05) is 18.2 Å².